The van der Waals surface area contributed by atoms with Crippen LogP contribution >= 0.6 is 0 Å². The van der Waals surface area contributed by atoms with Crippen molar-refractivity contribution in [1.82, 2.24) is 0 Å². The van der Waals surface area contributed by atoms with Gasteiger partial charge in [-0.1, -0.05) is 86.0 Å². The van der Waals surface area contributed by atoms with E-state index in [4.69, 9.17) is 0 Å². The molecule has 0 radical (unpaired) electrons. The van der Waals surface area contributed by atoms with Crippen LogP contribution in [0.15, 0.2) is 0 Å². The number of carbonyl (C=O) groups excluding carboxylic acids is 1. The molecule has 0 saturated heterocycles. The minimum atomic E-state index is -1.80. The number of carboxylic acid groups (broad SMARTS) is 1. The minimum Gasteiger partial charge on any atom is -0.481 e. The van der Waals surface area contributed by atoms with Gasteiger partial charge in [0.05, 0.1) is 27.6 Å². The summed E-state index contributed by atoms with van der Waals surface area (Å²) in [6.07, 6.45) is 9.96. The number of aliphatic hydroxyl groups is 1. The molecule has 0 aromatic carbocycles. The first-order chi connectivity index (χ1) is 14.2. The van der Waals surface area contributed by atoms with E-state index in [1.54, 1.807) is 0 Å². The fraction of sp³-hybridized carbons (Fsp3) is 0.923. The van der Waals surface area contributed by atoms with Crippen LogP contribution in [0.25, 0.3) is 0 Å². The van der Waals surface area contributed by atoms with Crippen LogP contribution in [0, 0.1) is 23.7 Å². The molecule has 0 aromatic heterocycles. The summed E-state index contributed by atoms with van der Waals surface area (Å²) in [5.74, 6) is 0.443. The second-order valence-corrected chi connectivity index (χ2v) is 11.7. The van der Waals surface area contributed by atoms with Crippen molar-refractivity contribution < 1.29 is 24.3 Å². The molecule has 0 bridgehead atoms. The van der Waals surface area contributed by atoms with Crippen LogP contribution < -0.4 is 0 Å². The van der Waals surface area contributed by atoms with Crippen molar-refractivity contribution in [2.75, 3.05) is 27.7 Å². The predicted octanol–water partition coefficient (Wildman–Crippen LogP) is 5.54. The highest BCUT2D eigenvalue weighted by Gasteiger charge is 2.44. The molecule has 0 fully saturated rings. The SMILES string of the molecule is CC(C)CCCC(C)CCCC(C)CCCC(C)C(=O)C(O)(CC(=O)O)C[N+](C)(C)C. The molecular weight excluding hydrogens is 390 g/mol. The van der Waals surface area contributed by atoms with E-state index in [0.29, 0.717) is 16.8 Å². The van der Waals surface area contributed by atoms with Gasteiger partial charge in [0.2, 0.25) is 0 Å². The topological polar surface area (TPSA) is 74.6 Å². The number of quaternary nitrogens is 1. The van der Waals surface area contributed by atoms with E-state index in [2.05, 4.69) is 27.7 Å². The summed E-state index contributed by atoms with van der Waals surface area (Å²) in [6, 6.07) is 0. The Balaban J connectivity index is 4.35. The van der Waals surface area contributed by atoms with Gasteiger partial charge < -0.3 is 14.7 Å². The number of aliphatic carboxylic acids is 1. The van der Waals surface area contributed by atoms with Gasteiger partial charge in [0, 0.05) is 5.92 Å². The maximum absolute atomic E-state index is 12.9. The third-order valence-electron chi connectivity index (χ3n) is 6.29. The molecule has 0 amide bonds. The summed E-state index contributed by atoms with van der Waals surface area (Å²) in [4.78, 5) is 24.2. The Bertz CT molecular complexity index is 526. The van der Waals surface area contributed by atoms with Crippen molar-refractivity contribution in [3.05, 3.63) is 0 Å². The van der Waals surface area contributed by atoms with Crippen LogP contribution in [0.3, 0.4) is 0 Å². The van der Waals surface area contributed by atoms with E-state index >= 15 is 0 Å². The molecule has 0 aliphatic rings. The molecule has 0 heterocycles. The van der Waals surface area contributed by atoms with Crippen molar-refractivity contribution >= 4 is 11.8 Å². The summed E-state index contributed by atoms with van der Waals surface area (Å²) in [6.45, 7) is 11.2. The van der Waals surface area contributed by atoms with Crippen LogP contribution in [-0.4, -0.2) is 59.7 Å². The minimum absolute atomic E-state index is 0.105. The van der Waals surface area contributed by atoms with E-state index in [9.17, 15) is 19.8 Å². The lowest BCUT2D eigenvalue weighted by atomic mass is 9.83. The second-order valence-electron chi connectivity index (χ2n) is 11.7. The molecule has 2 N–H and O–H groups in total. The molecule has 4 atom stereocenters. The molecular formula is C26H52NO4+. The van der Waals surface area contributed by atoms with Crippen molar-refractivity contribution in [3.63, 3.8) is 0 Å². The highest BCUT2D eigenvalue weighted by Crippen LogP contribution is 2.25. The Labute approximate surface area is 192 Å². The van der Waals surface area contributed by atoms with Crippen LogP contribution in [0.5, 0.6) is 0 Å². The standard InChI is InChI=1S/C26H51NO4/c1-20(2)12-9-13-21(3)14-10-15-22(4)16-11-17-23(5)25(30)26(31,18-24(28)29)19-27(6,7)8/h20-23,31H,9-19H2,1-8H3/p+1. The largest absolute Gasteiger partial charge is 0.481 e. The molecule has 184 valence electrons. The fourth-order valence-electron chi connectivity index (χ4n) is 4.60. The first kappa shape index (κ1) is 30.1. The van der Waals surface area contributed by atoms with Gasteiger partial charge in [0.25, 0.3) is 0 Å². The number of likely N-dealkylation sites (N-methyl/N-ethyl adjacent to an activating group) is 1. The Morgan fingerprint density at radius 3 is 1.58 bits per heavy atom. The van der Waals surface area contributed by atoms with E-state index in [-0.39, 0.29) is 18.2 Å². The Hall–Kier alpha value is -0.940. The lowest BCUT2D eigenvalue weighted by Crippen LogP contribution is -2.56. The zero-order valence-electron chi connectivity index (χ0n) is 21.7. The number of carboxylic acids is 1. The molecule has 4 unspecified atom stereocenters. The molecule has 0 aliphatic heterocycles. The lowest BCUT2D eigenvalue weighted by Gasteiger charge is -2.35. The summed E-state index contributed by atoms with van der Waals surface area (Å²) in [7, 11) is 5.58. The van der Waals surface area contributed by atoms with E-state index in [1.807, 2.05) is 28.1 Å². The first-order valence-corrected chi connectivity index (χ1v) is 12.4. The summed E-state index contributed by atoms with van der Waals surface area (Å²) >= 11 is 0. The van der Waals surface area contributed by atoms with Gasteiger partial charge in [-0.15, -0.1) is 0 Å². The molecule has 0 saturated carbocycles. The normalized spacial score (nSPS) is 17.2. The molecule has 0 rings (SSSR count). The highest BCUT2D eigenvalue weighted by atomic mass is 16.4. The van der Waals surface area contributed by atoms with Gasteiger partial charge in [-0.25, -0.2) is 0 Å². The average molecular weight is 443 g/mol. The van der Waals surface area contributed by atoms with Gasteiger partial charge >= 0.3 is 5.97 Å². The number of hydrogen-bond acceptors (Lipinski definition) is 3. The number of carbonyl (C=O) groups is 2. The van der Waals surface area contributed by atoms with Gasteiger partial charge in [0.1, 0.15) is 6.54 Å². The van der Waals surface area contributed by atoms with E-state index in [0.717, 1.165) is 24.7 Å². The van der Waals surface area contributed by atoms with Gasteiger partial charge in [-0.05, 0) is 24.2 Å². The molecule has 0 aromatic rings. The van der Waals surface area contributed by atoms with E-state index < -0.39 is 18.0 Å². The summed E-state index contributed by atoms with van der Waals surface area (Å²) < 4.78 is 0.342. The Kier molecular flexibility index (Phi) is 13.8. The number of rotatable bonds is 18. The monoisotopic (exact) mass is 442 g/mol. The zero-order valence-corrected chi connectivity index (χ0v) is 21.7. The van der Waals surface area contributed by atoms with Crippen molar-refractivity contribution in [2.45, 2.75) is 104 Å². The number of hydrogen-bond donors (Lipinski definition) is 2. The van der Waals surface area contributed by atoms with Gasteiger partial charge in [-0.3, -0.25) is 9.59 Å². The van der Waals surface area contributed by atoms with Crippen molar-refractivity contribution in [1.29, 1.82) is 0 Å². The van der Waals surface area contributed by atoms with Crippen LogP contribution in [0.4, 0.5) is 0 Å². The fourth-order valence-corrected chi connectivity index (χ4v) is 4.60. The maximum Gasteiger partial charge on any atom is 0.306 e. The van der Waals surface area contributed by atoms with Gasteiger partial charge in [0.15, 0.2) is 11.4 Å². The number of Topliss-reactive ketones (excluding diaryl/α,β-unsaturated/α-hetero) is 1. The second kappa shape index (κ2) is 14.3. The molecule has 5 heteroatoms. The highest BCUT2D eigenvalue weighted by molar-refractivity contribution is 5.92. The van der Waals surface area contributed by atoms with E-state index in [1.165, 1.54) is 38.5 Å². The predicted molar refractivity (Wildman–Crippen MR) is 129 cm³/mol. The molecule has 0 spiro atoms. The lowest BCUT2D eigenvalue weighted by molar-refractivity contribution is -0.875. The quantitative estimate of drug-likeness (QED) is 0.273. The third kappa shape index (κ3) is 14.7. The van der Waals surface area contributed by atoms with Crippen LogP contribution in [0.1, 0.15) is 98.8 Å². The van der Waals surface area contributed by atoms with Crippen LogP contribution in [-0.2, 0) is 9.59 Å². The zero-order chi connectivity index (χ0) is 24.2. The number of ketones is 1. The summed E-state index contributed by atoms with van der Waals surface area (Å²) in [5, 5.41) is 20.1. The van der Waals surface area contributed by atoms with Crippen LogP contribution in [0.2, 0.25) is 0 Å². The van der Waals surface area contributed by atoms with Gasteiger partial charge in [-0.2, -0.15) is 0 Å². The Morgan fingerprint density at radius 1 is 0.774 bits per heavy atom. The molecule has 31 heavy (non-hydrogen) atoms. The number of nitrogens with zero attached hydrogens (tertiary/aromatic N) is 1. The maximum atomic E-state index is 12.9. The third-order valence-corrected chi connectivity index (χ3v) is 6.29. The molecule has 5 nitrogen and oxygen atoms in total. The summed E-state index contributed by atoms with van der Waals surface area (Å²) in [5.41, 5.74) is -1.80. The first-order valence-electron chi connectivity index (χ1n) is 12.4. The smallest absolute Gasteiger partial charge is 0.306 e. The molecule has 0 aliphatic carbocycles. The van der Waals surface area contributed by atoms with Crippen molar-refractivity contribution in [2.24, 2.45) is 23.7 Å². The van der Waals surface area contributed by atoms with Crippen molar-refractivity contribution in [3.8, 4) is 0 Å². The Morgan fingerprint density at radius 2 is 1.19 bits per heavy atom. The average Bonchev–Trinajstić information content (AvgIpc) is 2.58.